The van der Waals surface area contributed by atoms with Crippen molar-refractivity contribution in [1.29, 1.82) is 0 Å². The second-order valence-corrected chi connectivity index (χ2v) is 2.71. The standard InChI is InChI=1S/C10H15NO/c1-12-10(7-8-11)9-5-3-2-4-6-9/h2-6,10H,7-8,11H2,1H3. The van der Waals surface area contributed by atoms with Crippen molar-refractivity contribution in [3.05, 3.63) is 35.9 Å². The Kier molecular flexibility index (Phi) is 3.77. The van der Waals surface area contributed by atoms with Gasteiger partial charge in [0, 0.05) is 7.11 Å². The summed E-state index contributed by atoms with van der Waals surface area (Å²) in [7, 11) is 1.72. The third-order valence-corrected chi connectivity index (χ3v) is 1.88. The molecule has 0 bridgehead atoms. The maximum atomic E-state index is 5.46. The molecule has 2 N–H and O–H groups in total. The van der Waals surface area contributed by atoms with Gasteiger partial charge in [-0.25, -0.2) is 0 Å². The fraction of sp³-hybridized carbons (Fsp3) is 0.400. The summed E-state index contributed by atoms with van der Waals surface area (Å²) in [5.74, 6) is 0. The summed E-state index contributed by atoms with van der Waals surface area (Å²) in [6.07, 6.45) is 1.02. The minimum Gasteiger partial charge on any atom is -0.377 e. The first-order valence-corrected chi connectivity index (χ1v) is 4.16. The number of hydrogen-bond donors (Lipinski definition) is 1. The number of ether oxygens (including phenoxy) is 1. The zero-order valence-electron chi connectivity index (χ0n) is 7.36. The summed E-state index contributed by atoms with van der Waals surface area (Å²) in [4.78, 5) is 0. The van der Waals surface area contributed by atoms with Gasteiger partial charge in [-0.15, -0.1) is 0 Å². The lowest BCUT2D eigenvalue weighted by molar-refractivity contribution is 0.0978. The Bertz CT molecular complexity index is 210. The summed E-state index contributed by atoms with van der Waals surface area (Å²) < 4.78 is 5.30. The first-order valence-electron chi connectivity index (χ1n) is 4.16. The molecule has 1 rings (SSSR count). The van der Waals surface area contributed by atoms with E-state index in [4.69, 9.17) is 10.5 Å². The molecule has 12 heavy (non-hydrogen) atoms. The van der Waals surface area contributed by atoms with Gasteiger partial charge in [0.2, 0.25) is 0 Å². The average Bonchev–Trinajstić information content (AvgIpc) is 2.15. The van der Waals surface area contributed by atoms with Crippen molar-refractivity contribution in [2.45, 2.75) is 12.5 Å². The van der Waals surface area contributed by atoms with E-state index in [-0.39, 0.29) is 6.10 Å². The molecule has 1 unspecified atom stereocenters. The molecule has 0 aliphatic rings. The van der Waals surface area contributed by atoms with Crippen molar-refractivity contribution < 1.29 is 4.74 Å². The van der Waals surface area contributed by atoms with Crippen LogP contribution < -0.4 is 5.73 Å². The van der Waals surface area contributed by atoms with Gasteiger partial charge in [0.15, 0.2) is 0 Å². The SMILES string of the molecule is COC(CCN)c1ccccc1. The third kappa shape index (κ3) is 2.32. The molecular weight excluding hydrogens is 150 g/mol. The molecule has 0 saturated heterocycles. The molecule has 0 heterocycles. The quantitative estimate of drug-likeness (QED) is 0.737. The molecular formula is C10H15NO. The van der Waals surface area contributed by atoms with Crippen molar-refractivity contribution >= 4 is 0 Å². The van der Waals surface area contributed by atoms with Gasteiger partial charge in [0.1, 0.15) is 0 Å². The first kappa shape index (κ1) is 9.23. The van der Waals surface area contributed by atoms with Crippen LogP contribution in [0.4, 0.5) is 0 Å². The smallest absolute Gasteiger partial charge is 0.0833 e. The highest BCUT2D eigenvalue weighted by molar-refractivity contribution is 5.17. The van der Waals surface area contributed by atoms with Crippen LogP contribution in [0.5, 0.6) is 0 Å². The number of hydrogen-bond acceptors (Lipinski definition) is 2. The molecule has 1 atom stereocenters. The van der Waals surface area contributed by atoms with Crippen molar-refractivity contribution in [3.8, 4) is 0 Å². The van der Waals surface area contributed by atoms with Gasteiger partial charge < -0.3 is 10.5 Å². The van der Waals surface area contributed by atoms with Crippen molar-refractivity contribution in [3.63, 3.8) is 0 Å². The Balaban J connectivity index is 2.66. The number of benzene rings is 1. The predicted octanol–water partition coefficient (Wildman–Crippen LogP) is 1.72. The fourth-order valence-electron chi connectivity index (χ4n) is 1.24. The molecule has 66 valence electrons. The Labute approximate surface area is 73.3 Å². The van der Waals surface area contributed by atoms with Gasteiger partial charge in [-0.1, -0.05) is 30.3 Å². The van der Waals surface area contributed by atoms with E-state index in [0.717, 1.165) is 6.42 Å². The van der Waals surface area contributed by atoms with Crippen LogP contribution in [-0.2, 0) is 4.74 Å². The lowest BCUT2D eigenvalue weighted by atomic mass is 10.1. The minimum absolute atomic E-state index is 0.149. The molecule has 0 amide bonds. The highest BCUT2D eigenvalue weighted by atomic mass is 16.5. The molecule has 0 aliphatic carbocycles. The van der Waals surface area contributed by atoms with Gasteiger partial charge in [-0.2, -0.15) is 0 Å². The Morgan fingerprint density at radius 1 is 1.33 bits per heavy atom. The minimum atomic E-state index is 0.149. The highest BCUT2D eigenvalue weighted by Gasteiger charge is 2.07. The van der Waals surface area contributed by atoms with E-state index < -0.39 is 0 Å². The molecule has 1 aromatic carbocycles. The third-order valence-electron chi connectivity index (χ3n) is 1.88. The molecule has 0 radical (unpaired) electrons. The van der Waals surface area contributed by atoms with Crippen molar-refractivity contribution in [1.82, 2.24) is 0 Å². The first-order chi connectivity index (χ1) is 5.88. The van der Waals surface area contributed by atoms with Gasteiger partial charge >= 0.3 is 0 Å². The molecule has 0 saturated carbocycles. The predicted molar refractivity (Wildman–Crippen MR) is 49.9 cm³/mol. The van der Waals surface area contributed by atoms with E-state index in [2.05, 4.69) is 12.1 Å². The van der Waals surface area contributed by atoms with Crippen LogP contribution >= 0.6 is 0 Å². The van der Waals surface area contributed by atoms with Gasteiger partial charge in [0.05, 0.1) is 6.10 Å². The zero-order chi connectivity index (χ0) is 8.81. The van der Waals surface area contributed by atoms with Crippen LogP contribution in [-0.4, -0.2) is 13.7 Å². The average molecular weight is 165 g/mol. The largest absolute Gasteiger partial charge is 0.377 e. The second kappa shape index (κ2) is 4.91. The van der Waals surface area contributed by atoms with Crippen LogP contribution in [0.2, 0.25) is 0 Å². The molecule has 0 fully saturated rings. The highest BCUT2D eigenvalue weighted by Crippen LogP contribution is 2.18. The van der Waals surface area contributed by atoms with E-state index in [1.165, 1.54) is 5.56 Å². The van der Waals surface area contributed by atoms with Gasteiger partial charge in [-0.05, 0) is 18.5 Å². The normalized spacial score (nSPS) is 12.8. The van der Waals surface area contributed by atoms with Gasteiger partial charge in [-0.3, -0.25) is 0 Å². The van der Waals surface area contributed by atoms with Crippen LogP contribution in [0.15, 0.2) is 30.3 Å². The fourth-order valence-corrected chi connectivity index (χ4v) is 1.24. The molecule has 0 spiro atoms. The van der Waals surface area contributed by atoms with Crippen LogP contribution in [0, 0.1) is 0 Å². The van der Waals surface area contributed by atoms with E-state index >= 15 is 0 Å². The van der Waals surface area contributed by atoms with Crippen molar-refractivity contribution in [2.24, 2.45) is 5.73 Å². The Morgan fingerprint density at radius 3 is 2.50 bits per heavy atom. The molecule has 2 nitrogen and oxygen atoms in total. The maximum absolute atomic E-state index is 5.46. The Morgan fingerprint density at radius 2 is 2.00 bits per heavy atom. The molecule has 0 aliphatic heterocycles. The molecule has 1 aromatic rings. The second-order valence-electron chi connectivity index (χ2n) is 2.71. The molecule has 0 aromatic heterocycles. The van der Waals surface area contributed by atoms with Crippen molar-refractivity contribution in [2.75, 3.05) is 13.7 Å². The van der Waals surface area contributed by atoms with Crippen LogP contribution in [0.1, 0.15) is 18.1 Å². The number of methoxy groups -OCH3 is 1. The summed E-state index contributed by atoms with van der Waals surface area (Å²) >= 11 is 0. The maximum Gasteiger partial charge on any atom is 0.0833 e. The topological polar surface area (TPSA) is 35.2 Å². The van der Waals surface area contributed by atoms with E-state index in [1.54, 1.807) is 7.11 Å². The lowest BCUT2D eigenvalue weighted by Crippen LogP contribution is -2.08. The van der Waals surface area contributed by atoms with E-state index in [1.807, 2.05) is 18.2 Å². The monoisotopic (exact) mass is 165 g/mol. The summed E-state index contributed by atoms with van der Waals surface area (Å²) in [6, 6.07) is 10.1. The molecule has 2 heteroatoms. The summed E-state index contributed by atoms with van der Waals surface area (Å²) in [5.41, 5.74) is 6.66. The number of rotatable bonds is 4. The van der Waals surface area contributed by atoms with E-state index in [0.29, 0.717) is 6.54 Å². The van der Waals surface area contributed by atoms with Crippen LogP contribution in [0.25, 0.3) is 0 Å². The van der Waals surface area contributed by atoms with E-state index in [9.17, 15) is 0 Å². The lowest BCUT2D eigenvalue weighted by Gasteiger charge is -2.13. The van der Waals surface area contributed by atoms with Crippen LogP contribution in [0.3, 0.4) is 0 Å². The summed E-state index contributed by atoms with van der Waals surface area (Å²) in [6.45, 7) is 0.660. The zero-order valence-corrected chi connectivity index (χ0v) is 7.36. The number of nitrogens with two attached hydrogens (primary N) is 1. The summed E-state index contributed by atoms with van der Waals surface area (Å²) in [5, 5.41) is 0. The van der Waals surface area contributed by atoms with Gasteiger partial charge in [0.25, 0.3) is 0 Å². The Hall–Kier alpha value is -0.860.